The fraction of sp³-hybridized carbons (Fsp3) is 0.333. The van der Waals surface area contributed by atoms with Crippen molar-refractivity contribution in [1.29, 1.82) is 0 Å². The highest BCUT2D eigenvalue weighted by Gasteiger charge is 1.98. The van der Waals surface area contributed by atoms with E-state index in [4.69, 9.17) is 4.74 Å². The fourth-order valence-corrected chi connectivity index (χ4v) is 0.873. The smallest absolute Gasteiger partial charge is 0.330 e. The minimum absolute atomic E-state index is 0.0112. The van der Waals surface area contributed by atoms with Crippen LogP contribution in [0.1, 0.15) is 0 Å². The van der Waals surface area contributed by atoms with Gasteiger partial charge in [0.2, 0.25) is 0 Å². The molecule has 0 aliphatic carbocycles. The van der Waals surface area contributed by atoms with Gasteiger partial charge in [-0.15, -0.1) is 0 Å². The summed E-state index contributed by atoms with van der Waals surface area (Å²) in [4.78, 5) is 41.7. The summed E-state index contributed by atoms with van der Waals surface area (Å²) in [5.74, 6) is -4.75. The Labute approximate surface area is 119 Å². The van der Waals surface area contributed by atoms with Crippen LogP contribution in [0.3, 0.4) is 0 Å². The van der Waals surface area contributed by atoms with Crippen molar-refractivity contribution >= 4 is 23.9 Å². The summed E-state index contributed by atoms with van der Waals surface area (Å²) in [7, 11) is 0. The van der Waals surface area contributed by atoms with E-state index in [1.807, 2.05) is 0 Å². The summed E-state index contributed by atoms with van der Waals surface area (Å²) in [6.45, 7) is -0.210. The molecule has 0 aromatic carbocycles. The zero-order chi connectivity index (χ0) is 16.1. The Balaban J connectivity index is 3.52. The fourth-order valence-electron chi connectivity index (χ4n) is 0.873. The molecule has 0 radical (unpaired) electrons. The Morgan fingerprint density at radius 1 is 0.667 bits per heavy atom. The molecule has 0 aliphatic heterocycles. The van der Waals surface area contributed by atoms with Crippen LogP contribution in [0.4, 0.5) is 0 Å². The minimum atomic E-state index is -1.52. The third-order valence-electron chi connectivity index (χ3n) is 1.65. The third-order valence-corrected chi connectivity index (χ3v) is 1.65. The highest BCUT2D eigenvalue weighted by atomic mass is 16.6. The van der Waals surface area contributed by atoms with E-state index >= 15 is 0 Å². The van der Waals surface area contributed by atoms with Gasteiger partial charge in [-0.2, -0.15) is 0 Å². The van der Waals surface area contributed by atoms with Crippen molar-refractivity contribution in [2.45, 2.75) is 0 Å². The zero-order valence-corrected chi connectivity index (χ0v) is 10.8. The molecule has 116 valence electrons. The zero-order valence-electron chi connectivity index (χ0n) is 10.8. The van der Waals surface area contributed by atoms with Gasteiger partial charge in [0.05, 0.1) is 25.2 Å². The van der Waals surface area contributed by atoms with Crippen molar-refractivity contribution in [2.24, 2.45) is 0 Å². The number of carboxylic acids is 2. The number of hydrogen-bond acceptors (Lipinski definition) is 9. The van der Waals surface area contributed by atoms with Crippen LogP contribution in [0.2, 0.25) is 0 Å². The van der Waals surface area contributed by atoms with Crippen LogP contribution in [-0.2, 0) is 33.4 Å². The Kier molecular flexibility index (Phi) is 9.75. The Morgan fingerprint density at radius 2 is 1.05 bits per heavy atom. The third kappa shape index (κ3) is 13.6. The summed E-state index contributed by atoms with van der Waals surface area (Å²) >= 11 is 0. The standard InChI is InChI=1S/C12H14O9/c13-9(14)1-3-11(17)20-7-5-19-6-8-21-12(18)4-2-10(15)16/h1-4H,5-8H2,(H,13,14)(H,15,16)/p-2/b3-1-,4-2-. The first-order valence-corrected chi connectivity index (χ1v) is 5.61. The first-order chi connectivity index (χ1) is 9.91. The monoisotopic (exact) mass is 300 g/mol. The van der Waals surface area contributed by atoms with Crippen molar-refractivity contribution < 1.29 is 43.6 Å². The molecule has 0 spiro atoms. The normalized spacial score (nSPS) is 10.7. The van der Waals surface area contributed by atoms with Crippen molar-refractivity contribution in [3.8, 4) is 0 Å². The van der Waals surface area contributed by atoms with E-state index in [-0.39, 0.29) is 26.4 Å². The summed E-state index contributed by atoms with van der Waals surface area (Å²) in [5, 5.41) is 20.0. The highest BCUT2D eigenvalue weighted by molar-refractivity contribution is 5.90. The lowest BCUT2D eigenvalue weighted by atomic mass is 10.5. The predicted molar refractivity (Wildman–Crippen MR) is 61.0 cm³/mol. The van der Waals surface area contributed by atoms with Gasteiger partial charge in [0.25, 0.3) is 0 Å². The molecule has 0 bridgehead atoms. The maximum absolute atomic E-state index is 10.9. The Morgan fingerprint density at radius 3 is 1.38 bits per heavy atom. The average molecular weight is 300 g/mol. The quantitative estimate of drug-likeness (QED) is 0.230. The highest BCUT2D eigenvalue weighted by Crippen LogP contribution is 1.86. The molecule has 0 aromatic heterocycles. The number of carboxylic acid groups (broad SMARTS) is 2. The minimum Gasteiger partial charge on any atom is -0.545 e. The van der Waals surface area contributed by atoms with E-state index in [0.717, 1.165) is 0 Å². The average Bonchev–Trinajstić information content (AvgIpc) is 2.41. The first-order valence-electron chi connectivity index (χ1n) is 5.61. The molecule has 0 aromatic rings. The lowest BCUT2D eigenvalue weighted by Crippen LogP contribution is -2.20. The van der Waals surface area contributed by atoms with Crippen LogP contribution >= 0.6 is 0 Å². The molecule has 0 N–H and O–H groups in total. The molecular weight excluding hydrogens is 288 g/mol. The van der Waals surface area contributed by atoms with Gasteiger partial charge < -0.3 is 34.0 Å². The summed E-state index contributed by atoms with van der Waals surface area (Å²) < 4.78 is 14.0. The molecule has 21 heavy (non-hydrogen) atoms. The van der Waals surface area contributed by atoms with E-state index in [9.17, 15) is 29.4 Å². The van der Waals surface area contributed by atoms with Crippen molar-refractivity contribution in [3.63, 3.8) is 0 Å². The van der Waals surface area contributed by atoms with Crippen LogP contribution in [0.5, 0.6) is 0 Å². The Bertz CT molecular complexity index is 396. The van der Waals surface area contributed by atoms with Gasteiger partial charge in [-0.25, -0.2) is 9.59 Å². The van der Waals surface area contributed by atoms with Crippen LogP contribution in [0.15, 0.2) is 24.3 Å². The topological polar surface area (TPSA) is 142 Å². The van der Waals surface area contributed by atoms with Gasteiger partial charge in [0, 0.05) is 12.2 Å². The number of ether oxygens (including phenoxy) is 3. The molecule has 0 fully saturated rings. The van der Waals surface area contributed by atoms with Gasteiger partial charge >= 0.3 is 11.9 Å². The van der Waals surface area contributed by atoms with E-state index in [0.29, 0.717) is 24.3 Å². The molecular formula is C12H12O9-2. The molecule has 0 saturated carbocycles. The van der Waals surface area contributed by atoms with Gasteiger partial charge in [0.1, 0.15) is 13.2 Å². The molecule has 0 atom stereocenters. The molecule has 9 nitrogen and oxygen atoms in total. The van der Waals surface area contributed by atoms with Crippen molar-refractivity contribution in [3.05, 3.63) is 24.3 Å². The van der Waals surface area contributed by atoms with Gasteiger partial charge in [-0.05, 0) is 12.2 Å². The lowest BCUT2D eigenvalue weighted by Gasteiger charge is -2.05. The summed E-state index contributed by atoms with van der Waals surface area (Å²) in [6.07, 6.45) is 2.45. The molecule has 0 saturated heterocycles. The SMILES string of the molecule is O=C([O-])/C=C\C(=O)OCCOCCOC(=O)/C=C\C(=O)[O-]. The van der Waals surface area contributed by atoms with Crippen LogP contribution in [0, 0.1) is 0 Å². The largest absolute Gasteiger partial charge is 0.545 e. The molecule has 0 amide bonds. The maximum Gasteiger partial charge on any atom is 0.330 e. The number of carbonyl (C=O) groups excluding carboxylic acids is 4. The van der Waals surface area contributed by atoms with Crippen molar-refractivity contribution in [1.82, 2.24) is 0 Å². The van der Waals surface area contributed by atoms with E-state index in [2.05, 4.69) is 9.47 Å². The molecule has 9 heteroatoms. The second-order valence-corrected chi connectivity index (χ2v) is 3.25. The molecule has 0 unspecified atom stereocenters. The maximum atomic E-state index is 10.9. The number of carbonyl (C=O) groups is 4. The van der Waals surface area contributed by atoms with Gasteiger partial charge in [-0.1, -0.05) is 0 Å². The second kappa shape index (κ2) is 11.2. The summed E-state index contributed by atoms with van der Waals surface area (Å²) in [6, 6.07) is 0. The molecule has 0 aliphatic rings. The van der Waals surface area contributed by atoms with Crippen LogP contribution in [0.25, 0.3) is 0 Å². The molecule has 0 heterocycles. The van der Waals surface area contributed by atoms with Crippen LogP contribution < -0.4 is 10.2 Å². The van der Waals surface area contributed by atoms with Crippen molar-refractivity contribution in [2.75, 3.05) is 26.4 Å². The van der Waals surface area contributed by atoms with Gasteiger partial charge in [0.15, 0.2) is 0 Å². The van der Waals surface area contributed by atoms with Crippen LogP contribution in [-0.4, -0.2) is 50.3 Å². The predicted octanol–water partition coefficient (Wildman–Crippen LogP) is -3.30. The second-order valence-electron chi connectivity index (χ2n) is 3.25. The number of rotatable bonds is 10. The number of hydrogen-bond donors (Lipinski definition) is 0. The van der Waals surface area contributed by atoms with E-state index in [1.54, 1.807) is 0 Å². The lowest BCUT2D eigenvalue weighted by molar-refractivity contribution is -0.298. The van der Waals surface area contributed by atoms with E-state index in [1.165, 1.54) is 0 Å². The first kappa shape index (κ1) is 18.3. The number of esters is 2. The number of aliphatic carboxylic acids is 2. The molecule has 0 rings (SSSR count). The Hall–Kier alpha value is -2.68. The van der Waals surface area contributed by atoms with E-state index < -0.39 is 23.9 Å². The van der Waals surface area contributed by atoms with Gasteiger partial charge in [-0.3, -0.25) is 0 Å². The summed E-state index contributed by atoms with van der Waals surface area (Å²) in [5.41, 5.74) is 0.